The van der Waals surface area contributed by atoms with E-state index in [1.165, 1.54) is 5.56 Å². The summed E-state index contributed by atoms with van der Waals surface area (Å²) < 4.78 is 16.6. The molecule has 0 saturated carbocycles. The maximum Gasteiger partial charge on any atom is 0.254 e. The van der Waals surface area contributed by atoms with E-state index in [0.29, 0.717) is 24.4 Å². The Morgan fingerprint density at radius 3 is 2.39 bits per heavy atom. The molecule has 5 heteroatoms. The van der Waals surface area contributed by atoms with E-state index in [0.717, 1.165) is 29.3 Å². The fourth-order valence-corrected chi connectivity index (χ4v) is 3.28. The summed E-state index contributed by atoms with van der Waals surface area (Å²) in [6, 6.07) is 17.4. The average Bonchev–Trinajstić information content (AvgIpc) is 3.35. The number of rotatable bonds is 6. The number of hydrogen-bond acceptors (Lipinski definition) is 4. The van der Waals surface area contributed by atoms with Crippen LogP contribution in [-0.4, -0.2) is 17.6 Å². The number of carbonyl (C=O) groups excluding carboxylic acids is 1. The Morgan fingerprint density at radius 2 is 1.68 bits per heavy atom. The highest BCUT2D eigenvalue weighted by molar-refractivity contribution is 5.94. The summed E-state index contributed by atoms with van der Waals surface area (Å²) in [6.07, 6.45) is 0.945. The predicted molar refractivity (Wildman–Crippen MR) is 105 cm³/mol. The highest BCUT2D eigenvalue weighted by Gasteiger charge is 2.20. The van der Waals surface area contributed by atoms with Crippen molar-refractivity contribution in [3.05, 3.63) is 82.8 Å². The summed E-state index contributed by atoms with van der Waals surface area (Å²) in [5, 5.41) is 0. The van der Waals surface area contributed by atoms with Crippen LogP contribution in [-0.2, 0) is 19.5 Å². The number of furan rings is 1. The molecule has 2 aromatic carbocycles. The first-order valence-electron chi connectivity index (χ1n) is 9.44. The summed E-state index contributed by atoms with van der Waals surface area (Å²) in [5.41, 5.74) is 2.85. The summed E-state index contributed by atoms with van der Waals surface area (Å²) in [4.78, 5) is 15.0. The van der Waals surface area contributed by atoms with Crippen molar-refractivity contribution in [1.29, 1.82) is 0 Å². The number of carbonyl (C=O) groups is 1. The van der Waals surface area contributed by atoms with Crippen LogP contribution in [0.25, 0.3) is 0 Å². The number of fused-ring (bicyclic) bond motifs is 1. The third-order valence-corrected chi connectivity index (χ3v) is 4.85. The molecule has 0 spiro atoms. The Labute approximate surface area is 164 Å². The van der Waals surface area contributed by atoms with Crippen LogP contribution in [0.2, 0.25) is 0 Å². The molecule has 28 heavy (non-hydrogen) atoms. The Kier molecular flexibility index (Phi) is 5.06. The monoisotopic (exact) mass is 377 g/mol. The lowest BCUT2D eigenvalue weighted by Gasteiger charge is -2.22. The highest BCUT2D eigenvalue weighted by Crippen LogP contribution is 2.33. The van der Waals surface area contributed by atoms with Gasteiger partial charge in [0.15, 0.2) is 11.5 Å². The van der Waals surface area contributed by atoms with Crippen molar-refractivity contribution in [2.45, 2.75) is 33.4 Å². The SMILES string of the molecule is CCc1ccc(C(=O)N(Cc2ccc3c(c2)OCO3)Cc2ccc(C)o2)cc1. The second-order valence-corrected chi connectivity index (χ2v) is 6.91. The normalized spacial score (nSPS) is 12.2. The molecule has 4 rings (SSSR count). The van der Waals surface area contributed by atoms with Crippen molar-refractivity contribution < 1.29 is 18.7 Å². The summed E-state index contributed by atoms with van der Waals surface area (Å²) >= 11 is 0. The minimum absolute atomic E-state index is 0.0330. The van der Waals surface area contributed by atoms with Gasteiger partial charge in [-0.25, -0.2) is 0 Å². The van der Waals surface area contributed by atoms with Crippen LogP contribution in [0.15, 0.2) is 59.0 Å². The van der Waals surface area contributed by atoms with Crippen molar-refractivity contribution in [2.24, 2.45) is 0 Å². The van der Waals surface area contributed by atoms with Crippen LogP contribution in [0.1, 0.15) is 39.9 Å². The zero-order valence-electron chi connectivity index (χ0n) is 16.1. The molecule has 0 fully saturated rings. The standard InChI is InChI=1S/C23H23NO4/c1-3-17-5-8-19(9-6-17)23(25)24(14-20-10-4-16(2)28-20)13-18-7-11-21-22(12-18)27-15-26-21/h4-12H,3,13-15H2,1-2H3. The van der Waals surface area contributed by atoms with E-state index < -0.39 is 0 Å². The number of nitrogens with zero attached hydrogens (tertiary/aromatic N) is 1. The van der Waals surface area contributed by atoms with Crippen molar-refractivity contribution in [3.8, 4) is 11.5 Å². The number of ether oxygens (including phenoxy) is 2. The smallest absolute Gasteiger partial charge is 0.254 e. The highest BCUT2D eigenvalue weighted by atomic mass is 16.7. The van der Waals surface area contributed by atoms with Crippen molar-refractivity contribution in [2.75, 3.05) is 6.79 Å². The van der Waals surface area contributed by atoms with Gasteiger partial charge in [0.25, 0.3) is 5.91 Å². The Balaban J connectivity index is 1.59. The molecule has 2 heterocycles. The second-order valence-electron chi connectivity index (χ2n) is 6.91. The summed E-state index contributed by atoms with van der Waals surface area (Å²) in [7, 11) is 0. The van der Waals surface area contributed by atoms with Crippen LogP contribution in [0.3, 0.4) is 0 Å². The van der Waals surface area contributed by atoms with Crippen LogP contribution in [0.4, 0.5) is 0 Å². The molecule has 0 atom stereocenters. The third-order valence-electron chi connectivity index (χ3n) is 4.85. The van der Waals surface area contributed by atoms with Gasteiger partial charge in [0.2, 0.25) is 6.79 Å². The summed E-state index contributed by atoms with van der Waals surface area (Å²) in [5.74, 6) is 3.01. The van der Waals surface area contributed by atoms with E-state index in [4.69, 9.17) is 13.9 Å². The molecule has 1 aromatic heterocycles. The van der Waals surface area contributed by atoms with Crippen LogP contribution >= 0.6 is 0 Å². The van der Waals surface area contributed by atoms with Crippen molar-refractivity contribution in [1.82, 2.24) is 4.90 Å². The molecule has 0 N–H and O–H groups in total. The summed E-state index contributed by atoms with van der Waals surface area (Å²) in [6.45, 7) is 5.08. The molecular formula is C23H23NO4. The molecule has 1 aliphatic heterocycles. The van der Waals surface area contributed by atoms with Gasteiger partial charge in [0, 0.05) is 12.1 Å². The van der Waals surface area contributed by atoms with Gasteiger partial charge in [0.05, 0.1) is 6.54 Å². The van der Waals surface area contributed by atoms with E-state index in [1.54, 1.807) is 4.90 Å². The van der Waals surface area contributed by atoms with Gasteiger partial charge < -0.3 is 18.8 Å². The lowest BCUT2D eigenvalue weighted by molar-refractivity contribution is 0.0717. The molecule has 5 nitrogen and oxygen atoms in total. The third kappa shape index (κ3) is 3.88. The topological polar surface area (TPSA) is 51.9 Å². The molecule has 0 bridgehead atoms. The van der Waals surface area contributed by atoms with E-state index in [1.807, 2.05) is 61.5 Å². The molecule has 0 radical (unpaired) electrons. The maximum atomic E-state index is 13.2. The molecule has 3 aromatic rings. The minimum atomic E-state index is -0.0330. The Hall–Kier alpha value is -3.21. The zero-order valence-corrected chi connectivity index (χ0v) is 16.1. The molecule has 0 unspecified atom stereocenters. The van der Waals surface area contributed by atoms with Crippen LogP contribution in [0, 0.1) is 6.92 Å². The minimum Gasteiger partial charge on any atom is -0.464 e. The van der Waals surface area contributed by atoms with Gasteiger partial charge in [-0.2, -0.15) is 0 Å². The van der Waals surface area contributed by atoms with E-state index in [2.05, 4.69) is 6.92 Å². The zero-order chi connectivity index (χ0) is 19.5. The van der Waals surface area contributed by atoms with Gasteiger partial charge in [-0.3, -0.25) is 4.79 Å². The van der Waals surface area contributed by atoms with E-state index in [-0.39, 0.29) is 12.7 Å². The average molecular weight is 377 g/mol. The Bertz CT molecular complexity index is 975. The first-order valence-corrected chi connectivity index (χ1v) is 9.44. The van der Waals surface area contributed by atoms with Crippen molar-refractivity contribution in [3.63, 3.8) is 0 Å². The lowest BCUT2D eigenvalue weighted by atomic mass is 10.1. The lowest BCUT2D eigenvalue weighted by Crippen LogP contribution is -2.30. The van der Waals surface area contributed by atoms with Crippen LogP contribution < -0.4 is 9.47 Å². The molecule has 0 aliphatic carbocycles. The maximum absolute atomic E-state index is 13.2. The number of aryl methyl sites for hydroxylation is 2. The molecular weight excluding hydrogens is 354 g/mol. The van der Waals surface area contributed by atoms with Gasteiger partial charge in [-0.15, -0.1) is 0 Å². The largest absolute Gasteiger partial charge is 0.464 e. The fourth-order valence-electron chi connectivity index (χ4n) is 3.28. The second kappa shape index (κ2) is 7.80. The molecule has 0 saturated heterocycles. The molecule has 1 aliphatic rings. The van der Waals surface area contributed by atoms with Gasteiger partial charge >= 0.3 is 0 Å². The van der Waals surface area contributed by atoms with Crippen molar-refractivity contribution >= 4 is 5.91 Å². The number of benzene rings is 2. The molecule has 144 valence electrons. The van der Waals surface area contributed by atoms with E-state index >= 15 is 0 Å². The number of hydrogen-bond donors (Lipinski definition) is 0. The van der Waals surface area contributed by atoms with E-state index in [9.17, 15) is 4.79 Å². The van der Waals surface area contributed by atoms with Gasteiger partial charge in [0.1, 0.15) is 11.5 Å². The molecule has 1 amide bonds. The quantitative estimate of drug-likeness (QED) is 0.624. The van der Waals surface area contributed by atoms with Crippen LogP contribution in [0.5, 0.6) is 11.5 Å². The van der Waals surface area contributed by atoms with Gasteiger partial charge in [-0.1, -0.05) is 25.1 Å². The van der Waals surface area contributed by atoms with Gasteiger partial charge in [-0.05, 0) is 60.9 Å². The Morgan fingerprint density at radius 1 is 0.929 bits per heavy atom. The predicted octanol–water partition coefficient (Wildman–Crippen LogP) is 4.72. The first-order chi connectivity index (χ1) is 13.6. The first kappa shape index (κ1) is 18.2. The fraction of sp³-hybridized carbons (Fsp3) is 0.261. The number of amides is 1.